The minimum absolute atomic E-state index is 0.0991. The topological polar surface area (TPSA) is 86.8 Å². The van der Waals surface area contributed by atoms with E-state index in [1.807, 2.05) is 50.2 Å². The van der Waals surface area contributed by atoms with E-state index in [1.54, 1.807) is 35.2 Å². The molecule has 1 fully saturated rings. The summed E-state index contributed by atoms with van der Waals surface area (Å²) in [7, 11) is -4.08. The van der Waals surface area contributed by atoms with Crippen LogP contribution < -0.4 is 9.62 Å². The number of nitrogens with one attached hydrogen (secondary N) is 1. The number of rotatable bonds is 12. The maximum Gasteiger partial charge on any atom is 0.264 e. The third-order valence-corrected chi connectivity index (χ3v) is 9.77. The number of carbonyl (C=O) groups excluding carboxylic acids is 2. The molecule has 1 aliphatic carbocycles. The number of nitrogens with zero attached hydrogens (tertiary/aromatic N) is 2. The van der Waals surface area contributed by atoms with E-state index in [2.05, 4.69) is 19.2 Å². The highest BCUT2D eigenvalue weighted by atomic mass is 32.2. The third-order valence-electron chi connectivity index (χ3n) is 7.98. The molecule has 4 rings (SSSR count). The molecule has 3 aromatic rings. The fourth-order valence-corrected chi connectivity index (χ4v) is 7.00. The van der Waals surface area contributed by atoms with Gasteiger partial charge >= 0.3 is 0 Å². The van der Waals surface area contributed by atoms with Crippen molar-refractivity contribution < 1.29 is 18.0 Å². The van der Waals surface area contributed by atoms with Crippen molar-refractivity contribution >= 4 is 27.5 Å². The monoisotopic (exact) mass is 589 g/mol. The molecule has 3 aromatic carbocycles. The van der Waals surface area contributed by atoms with Gasteiger partial charge < -0.3 is 10.2 Å². The van der Waals surface area contributed by atoms with Crippen LogP contribution in [0.4, 0.5) is 5.69 Å². The van der Waals surface area contributed by atoms with Crippen molar-refractivity contribution in [3.05, 3.63) is 95.6 Å². The van der Waals surface area contributed by atoms with Crippen LogP contribution in [0.15, 0.2) is 83.8 Å². The Hall–Kier alpha value is -3.65. The van der Waals surface area contributed by atoms with E-state index >= 15 is 0 Å². The van der Waals surface area contributed by atoms with Gasteiger partial charge in [0.25, 0.3) is 10.0 Å². The molecule has 7 nitrogen and oxygen atoms in total. The lowest BCUT2D eigenvalue weighted by atomic mass is 10.0. The van der Waals surface area contributed by atoms with Gasteiger partial charge in [0, 0.05) is 12.6 Å². The van der Waals surface area contributed by atoms with Crippen LogP contribution in [0.5, 0.6) is 0 Å². The lowest BCUT2D eigenvalue weighted by molar-refractivity contribution is -0.140. The Kier molecular flexibility index (Phi) is 10.4. The number of hydrogen-bond donors (Lipinski definition) is 1. The Labute approximate surface area is 251 Å². The molecule has 1 saturated carbocycles. The summed E-state index contributed by atoms with van der Waals surface area (Å²) in [5.74, 6) is -0.352. The third kappa shape index (κ3) is 7.59. The minimum atomic E-state index is -4.08. The first kappa shape index (κ1) is 31.3. The van der Waals surface area contributed by atoms with Gasteiger partial charge in [-0.05, 0) is 67.5 Å². The normalized spacial score (nSPS) is 14.5. The first-order valence-electron chi connectivity index (χ1n) is 14.9. The summed E-state index contributed by atoms with van der Waals surface area (Å²) in [5, 5.41) is 3.16. The molecule has 0 spiro atoms. The van der Waals surface area contributed by atoms with Crippen LogP contribution in [-0.2, 0) is 26.2 Å². The van der Waals surface area contributed by atoms with Gasteiger partial charge in [0.05, 0.1) is 10.6 Å². The van der Waals surface area contributed by atoms with E-state index in [4.69, 9.17) is 0 Å². The van der Waals surface area contributed by atoms with Crippen molar-refractivity contribution in [2.45, 2.75) is 89.2 Å². The molecule has 42 heavy (non-hydrogen) atoms. The summed E-state index contributed by atoms with van der Waals surface area (Å²) in [5.41, 5.74) is 3.39. The van der Waals surface area contributed by atoms with E-state index in [1.165, 1.54) is 16.4 Å². The van der Waals surface area contributed by atoms with Crippen molar-refractivity contribution in [2.24, 2.45) is 0 Å². The number of carbonyl (C=O) groups is 2. The molecule has 8 heteroatoms. The summed E-state index contributed by atoms with van der Waals surface area (Å²) in [6.07, 6.45) is 4.43. The van der Waals surface area contributed by atoms with Crippen LogP contribution in [0.25, 0.3) is 0 Å². The minimum Gasteiger partial charge on any atom is -0.352 e. The van der Waals surface area contributed by atoms with Gasteiger partial charge in [-0.25, -0.2) is 8.42 Å². The fraction of sp³-hybridized carbons (Fsp3) is 0.412. The van der Waals surface area contributed by atoms with Gasteiger partial charge in [-0.2, -0.15) is 0 Å². The fourth-order valence-electron chi connectivity index (χ4n) is 5.57. The molecule has 224 valence electrons. The van der Waals surface area contributed by atoms with E-state index in [9.17, 15) is 18.0 Å². The first-order chi connectivity index (χ1) is 20.1. The second-order valence-corrected chi connectivity index (χ2v) is 13.4. The Bertz CT molecular complexity index is 1450. The molecule has 1 atom stereocenters. The molecule has 1 aliphatic rings. The van der Waals surface area contributed by atoms with Crippen LogP contribution in [0.3, 0.4) is 0 Å². The molecular formula is C34H43N3O4S. The second-order valence-electron chi connectivity index (χ2n) is 11.5. The molecule has 0 unspecified atom stereocenters. The summed E-state index contributed by atoms with van der Waals surface area (Å²) in [4.78, 5) is 29.5. The Morgan fingerprint density at radius 3 is 2.19 bits per heavy atom. The molecular weight excluding hydrogens is 546 g/mol. The maximum atomic E-state index is 14.3. The Morgan fingerprint density at radius 1 is 0.929 bits per heavy atom. The molecule has 0 radical (unpaired) electrons. The zero-order valence-electron chi connectivity index (χ0n) is 25.1. The average Bonchev–Trinajstić information content (AvgIpc) is 3.49. The van der Waals surface area contributed by atoms with Crippen LogP contribution in [-0.4, -0.2) is 43.8 Å². The molecule has 0 bridgehead atoms. The van der Waals surface area contributed by atoms with E-state index < -0.39 is 28.5 Å². The average molecular weight is 590 g/mol. The number of anilines is 1. The van der Waals surface area contributed by atoms with Gasteiger partial charge in [0.15, 0.2) is 0 Å². The predicted octanol–water partition coefficient (Wildman–Crippen LogP) is 6.18. The van der Waals surface area contributed by atoms with Crippen LogP contribution >= 0.6 is 0 Å². The van der Waals surface area contributed by atoms with E-state index in [0.29, 0.717) is 12.1 Å². The van der Waals surface area contributed by atoms with Gasteiger partial charge in [-0.15, -0.1) is 0 Å². The number of benzene rings is 3. The number of aryl methyl sites for hydroxylation is 1. The highest BCUT2D eigenvalue weighted by molar-refractivity contribution is 7.92. The largest absolute Gasteiger partial charge is 0.352 e. The molecule has 0 saturated heterocycles. The molecule has 0 aromatic heterocycles. The second kappa shape index (κ2) is 14.0. The van der Waals surface area contributed by atoms with Crippen LogP contribution in [0, 0.1) is 6.92 Å². The zero-order chi connectivity index (χ0) is 30.3. The highest BCUT2D eigenvalue weighted by Gasteiger charge is 2.34. The van der Waals surface area contributed by atoms with Crippen molar-refractivity contribution in [2.75, 3.05) is 10.8 Å². The van der Waals surface area contributed by atoms with Crippen molar-refractivity contribution in [3.63, 3.8) is 0 Å². The lowest BCUT2D eigenvalue weighted by Gasteiger charge is -2.34. The molecule has 2 amide bonds. The van der Waals surface area contributed by atoms with Gasteiger partial charge in [0.1, 0.15) is 12.6 Å². The molecule has 0 heterocycles. The summed E-state index contributed by atoms with van der Waals surface area (Å²) in [6, 6.07) is 22.6. The summed E-state index contributed by atoms with van der Waals surface area (Å²) >= 11 is 0. The summed E-state index contributed by atoms with van der Waals surface area (Å²) < 4.78 is 29.2. The molecule has 0 aliphatic heterocycles. The van der Waals surface area contributed by atoms with Crippen LogP contribution in [0.2, 0.25) is 0 Å². The molecule has 1 N–H and O–H groups in total. The maximum absolute atomic E-state index is 14.3. The smallest absolute Gasteiger partial charge is 0.264 e. The standard InChI is InChI=1S/C34H43N3O4S/c1-5-32(34(39)35-29-14-9-10-15-29)36(23-27-13-11-12-26(4)22-27)33(38)24-37(30-20-18-28(19-21-30)25(2)3)42(40,41)31-16-7-6-8-17-31/h6-8,11-13,16-22,25,29,32H,5,9-10,14-15,23-24H2,1-4H3,(H,35,39)/t32-/m0/s1. The lowest BCUT2D eigenvalue weighted by Crippen LogP contribution is -2.53. The van der Waals surface area contributed by atoms with Gasteiger partial charge in [-0.1, -0.05) is 93.8 Å². The Morgan fingerprint density at radius 2 is 1.60 bits per heavy atom. The number of sulfonamides is 1. The Balaban J connectivity index is 1.71. The van der Waals surface area contributed by atoms with Gasteiger partial charge in [-0.3, -0.25) is 13.9 Å². The summed E-state index contributed by atoms with van der Waals surface area (Å²) in [6.45, 7) is 7.77. The first-order valence-corrected chi connectivity index (χ1v) is 16.4. The number of amides is 2. The van der Waals surface area contributed by atoms with Gasteiger partial charge in [0.2, 0.25) is 11.8 Å². The van der Waals surface area contributed by atoms with E-state index in [0.717, 1.165) is 42.4 Å². The van der Waals surface area contributed by atoms with Crippen molar-refractivity contribution in [3.8, 4) is 0 Å². The van der Waals surface area contributed by atoms with Crippen molar-refractivity contribution in [1.82, 2.24) is 10.2 Å². The van der Waals surface area contributed by atoms with Crippen molar-refractivity contribution in [1.29, 1.82) is 0 Å². The van der Waals surface area contributed by atoms with E-state index in [-0.39, 0.29) is 29.3 Å². The van der Waals surface area contributed by atoms with Crippen LogP contribution in [0.1, 0.15) is 75.5 Å². The highest BCUT2D eigenvalue weighted by Crippen LogP contribution is 2.27. The number of hydrogen-bond acceptors (Lipinski definition) is 4. The predicted molar refractivity (Wildman–Crippen MR) is 168 cm³/mol. The zero-order valence-corrected chi connectivity index (χ0v) is 25.9. The quantitative estimate of drug-likeness (QED) is 0.273. The SMILES string of the molecule is CC[C@@H](C(=O)NC1CCCC1)N(Cc1cccc(C)c1)C(=O)CN(c1ccc(C(C)C)cc1)S(=O)(=O)c1ccccc1.